The van der Waals surface area contributed by atoms with Gasteiger partial charge in [-0.15, -0.1) is 0 Å². The van der Waals surface area contributed by atoms with Gasteiger partial charge in [0.2, 0.25) is 0 Å². The summed E-state index contributed by atoms with van der Waals surface area (Å²) in [6.45, 7) is 2.11. The van der Waals surface area contributed by atoms with Gasteiger partial charge in [0.05, 0.1) is 0 Å². The molecule has 0 aliphatic carbocycles. The fraction of sp³-hybridized carbons (Fsp3) is 1.00. The van der Waals surface area contributed by atoms with Gasteiger partial charge in [-0.05, 0) is 13.5 Å². The maximum atomic E-state index is 3.20. The fourth-order valence-electron chi connectivity index (χ4n) is 0.879. The van der Waals surface area contributed by atoms with Crippen molar-refractivity contribution in [1.29, 1.82) is 0 Å². The van der Waals surface area contributed by atoms with E-state index in [-0.39, 0.29) is 0 Å². The second kappa shape index (κ2) is 3.02. The van der Waals surface area contributed by atoms with Crippen LogP contribution in [0.25, 0.3) is 0 Å². The summed E-state index contributed by atoms with van der Waals surface area (Å²) in [4.78, 5) is 0. The Bertz CT molecular complexity index is 58.7. The van der Waals surface area contributed by atoms with Crippen LogP contribution in [0.3, 0.4) is 0 Å². The van der Waals surface area contributed by atoms with E-state index >= 15 is 0 Å². The van der Waals surface area contributed by atoms with Crippen LogP contribution < -0.4 is 16.2 Å². The summed E-state index contributed by atoms with van der Waals surface area (Å²) in [5, 5.41) is 3.20. The molecule has 8 heavy (non-hydrogen) atoms. The average Bonchev–Trinajstić information content (AvgIpc) is 1.90. The highest BCUT2D eigenvalue weighted by molar-refractivity contribution is 4.70. The topological polar surface area (TPSA) is 36.1 Å². The summed E-state index contributed by atoms with van der Waals surface area (Å²) in [7, 11) is 2.00. The zero-order chi connectivity index (χ0) is 5.82. The number of hydrazine groups is 1. The maximum absolute atomic E-state index is 3.20. The van der Waals surface area contributed by atoms with E-state index in [1.165, 1.54) is 6.42 Å². The second-order valence-corrected chi connectivity index (χ2v) is 2.08. The Balaban J connectivity index is 2.13. The monoisotopic (exact) mass is 115 g/mol. The molecule has 0 aromatic rings. The molecule has 0 aromatic carbocycles. The van der Waals surface area contributed by atoms with Crippen LogP contribution in [0, 0.1) is 0 Å². The van der Waals surface area contributed by atoms with Crippen LogP contribution >= 0.6 is 0 Å². The summed E-state index contributed by atoms with van der Waals surface area (Å²) < 4.78 is 0. The van der Waals surface area contributed by atoms with Gasteiger partial charge in [0.15, 0.2) is 0 Å². The third-order valence-electron chi connectivity index (χ3n) is 1.50. The molecule has 1 aliphatic rings. The zero-order valence-electron chi connectivity index (χ0n) is 5.20. The lowest BCUT2D eigenvalue weighted by molar-refractivity contribution is 0.365. The molecule has 1 atom stereocenters. The van der Waals surface area contributed by atoms with Crippen molar-refractivity contribution in [1.82, 2.24) is 16.2 Å². The van der Waals surface area contributed by atoms with Crippen molar-refractivity contribution < 1.29 is 0 Å². The van der Waals surface area contributed by atoms with E-state index in [1.54, 1.807) is 0 Å². The molecule has 1 heterocycles. The molecule has 1 unspecified atom stereocenters. The minimum Gasteiger partial charge on any atom is -0.316 e. The molecule has 0 bridgehead atoms. The van der Waals surface area contributed by atoms with Crippen LogP contribution in [0.15, 0.2) is 0 Å². The molecule has 0 amide bonds. The first-order chi connectivity index (χ1) is 3.93. The maximum Gasteiger partial charge on any atom is 0.0254 e. The van der Waals surface area contributed by atoms with Crippen LogP contribution in [0.2, 0.25) is 0 Å². The van der Waals surface area contributed by atoms with Gasteiger partial charge in [0, 0.05) is 19.1 Å². The summed E-state index contributed by atoms with van der Waals surface area (Å²) in [6, 6.07) is 0.663. The van der Waals surface area contributed by atoms with Gasteiger partial charge in [0.1, 0.15) is 0 Å². The van der Waals surface area contributed by atoms with Crippen molar-refractivity contribution in [3.63, 3.8) is 0 Å². The quantitative estimate of drug-likeness (QED) is 0.413. The number of likely N-dealkylation sites (N-methyl/N-ethyl adjacent to an activating group) is 1. The van der Waals surface area contributed by atoms with E-state index in [0.29, 0.717) is 6.04 Å². The first-order valence-electron chi connectivity index (χ1n) is 3.06. The molecule has 0 aromatic heterocycles. The SMILES string of the molecule is CNC1CCNNC1. The molecule has 3 heteroatoms. The third-order valence-corrected chi connectivity index (χ3v) is 1.50. The highest BCUT2D eigenvalue weighted by Crippen LogP contribution is 1.89. The van der Waals surface area contributed by atoms with Gasteiger partial charge in [-0.25, -0.2) is 0 Å². The Morgan fingerprint density at radius 1 is 1.50 bits per heavy atom. The van der Waals surface area contributed by atoms with Gasteiger partial charge in [-0.1, -0.05) is 0 Å². The minimum atomic E-state index is 0.663. The largest absolute Gasteiger partial charge is 0.316 e. The molecule has 48 valence electrons. The van der Waals surface area contributed by atoms with E-state index < -0.39 is 0 Å². The lowest BCUT2D eigenvalue weighted by atomic mass is 10.2. The van der Waals surface area contributed by atoms with Crippen molar-refractivity contribution in [3.8, 4) is 0 Å². The lowest BCUT2D eigenvalue weighted by Crippen LogP contribution is -2.49. The van der Waals surface area contributed by atoms with E-state index in [0.717, 1.165) is 13.1 Å². The van der Waals surface area contributed by atoms with Gasteiger partial charge >= 0.3 is 0 Å². The zero-order valence-corrected chi connectivity index (χ0v) is 5.20. The molecular formula is C5H13N3. The van der Waals surface area contributed by atoms with Crippen molar-refractivity contribution >= 4 is 0 Å². The van der Waals surface area contributed by atoms with Crippen LogP contribution in [-0.4, -0.2) is 26.2 Å². The van der Waals surface area contributed by atoms with Crippen LogP contribution in [0.5, 0.6) is 0 Å². The van der Waals surface area contributed by atoms with Crippen LogP contribution in [0.4, 0.5) is 0 Å². The van der Waals surface area contributed by atoms with E-state index in [9.17, 15) is 0 Å². The summed E-state index contributed by atoms with van der Waals surface area (Å²) >= 11 is 0. The second-order valence-electron chi connectivity index (χ2n) is 2.08. The Morgan fingerprint density at radius 3 is 2.75 bits per heavy atom. The van der Waals surface area contributed by atoms with Crippen LogP contribution in [0.1, 0.15) is 6.42 Å². The summed E-state index contributed by atoms with van der Waals surface area (Å²) in [5.74, 6) is 0. The molecule has 1 rings (SSSR count). The molecule has 3 N–H and O–H groups in total. The van der Waals surface area contributed by atoms with E-state index in [1.807, 2.05) is 7.05 Å². The van der Waals surface area contributed by atoms with Gasteiger partial charge < -0.3 is 5.32 Å². The van der Waals surface area contributed by atoms with E-state index in [2.05, 4.69) is 16.2 Å². The molecule has 0 radical (unpaired) electrons. The predicted molar refractivity (Wildman–Crippen MR) is 33.5 cm³/mol. The van der Waals surface area contributed by atoms with Gasteiger partial charge in [-0.2, -0.15) is 0 Å². The standard InChI is InChI=1S/C5H13N3/c1-6-5-2-3-7-8-4-5/h5-8H,2-4H2,1H3. The number of rotatable bonds is 1. The Kier molecular flexibility index (Phi) is 2.27. The normalized spacial score (nSPS) is 30.4. The number of hydrogen-bond acceptors (Lipinski definition) is 3. The predicted octanol–water partition coefficient (Wildman–Crippen LogP) is -0.928. The molecule has 1 saturated heterocycles. The number of nitrogens with one attached hydrogen (secondary N) is 3. The first kappa shape index (κ1) is 6.01. The van der Waals surface area contributed by atoms with Crippen molar-refractivity contribution in [2.75, 3.05) is 20.1 Å². The van der Waals surface area contributed by atoms with Crippen molar-refractivity contribution in [3.05, 3.63) is 0 Å². The first-order valence-corrected chi connectivity index (χ1v) is 3.06. The Hall–Kier alpha value is -0.120. The minimum absolute atomic E-state index is 0.663. The van der Waals surface area contributed by atoms with Crippen molar-refractivity contribution in [2.45, 2.75) is 12.5 Å². The Morgan fingerprint density at radius 2 is 2.38 bits per heavy atom. The Labute approximate surface area is 49.8 Å². The van der Waals surface area contributed by atoms with E-state index in [4.69, 9.17) is 0 Å². The summed E-state index contributed by atoms with van der Waals surface area (Å²) in [6.07, 6.45) is 1.23. The molecule has 0 spiro atoms. The molecular weight excluding hydrogens is 102 g/mol. The van der Waals surface area contributed by atoms with Gasteiger partial charge in [-0.3, -0.25) is 10.9 Å². The lowest BCUT2D eigenvalue weighted by Gasteiger charge is -2.22. The highest BCUT2D eigenvalue weighted by Gasteiger charge is 2.07. The fourth-order valence-corrected chi connectivity index (χ4v) is 0.879. The average molecular weight is 115 g/mol. The smallest absolute Gasteiger partial charge is 0.0254 e. The molecule has 1 fully saturated rings. The number of hydrogen-bond donors (Lipinski definition) is 3. The highest BCUT2D eigenvalue weighted by atomic mass is 15.4. The molecule has 3 nitrogen and oxygen atoms in total. The third kappa shape index (κ3) is 1.43. The summed E-state index contributed by atoms with van der Waals surface area (Å²) in [5.41, 5.74) is 6.13. The van der Waals surface area contributed by atoms with Crippen molar-refractivity contribution in [2.24, 2.45) is 0 Å². The molecule has 0 saturated carbocycles. The molecule has 1 aliphatic heterocycles. The van der Waals surface area contributed by atoms with Gasteiger partial charge in [0.25, 0.3) is 0 Å². The van der Waals surface area contributed by atoms with Crippen LogP contribution in [-0.2, 0) is 0 Å².